The Morgan fingerprint density at radius 1 is 1.53 bits per heavy atom. The zero-order valence-electron chi connectivity index (χ0n) is 9.83. The van der Waals surface area contributed by atoms with Gasteiger partial charge in [0.2, 0.25) is 0 Å². The van der Waals surface area contributed by atoms with Crippen LogP contribution in [-0.2, 0) is 4.79 Å². The van der Waals surface area contributed by atoms with Crippen molar-refractivity contribution >= 4 is 27.5 Å². The van der Waals surface area contributed by atoms with Gasteiger partial charge in [-0.2, -0.15) is 0 Å². The predicted octanol–water partition coefficient (Wildman–Crippen LogP) is 2.03. The predicted molar refractivity (Wildman–Crippen MR) is 67.3 cm³/mol. The van der Waals surface area contributed by atoms with Crippen molar-refractivity contribution in [3.05, 3.63) is 22.4 Å². The van der Waals surface area contributed by atoms with Crippen LogP contribution >= 0.6 is 15.9 Å². The summed E-state index contributed by atoms with van der Waals surface area (Å²) >= 11 is 3.14. The zero-order chi connectivity index (χ0) is 13.2. The van der Waals surface area contributed by atoms with E-state index >= 15 is 0 Å². The quantitative estimate of drug-likeness (QED) is 0.869. The highest BCUT2D eigenvalue weighted by Gasteiger charge is 2.19. The Morgan fingerprint density at radius 3 is 2.59 bits per heavy atom. The van der Waals surface area contributed by atoms with Gasteiger partial charge in [-0.25, -0.2) is 4.39 Å². The minimum atomic E-state index is -0.686. The van der Waals surface area contributed by atoms with Gasteiger partial charge in [0.25, 0.3) is 5.91 Å². The van der Waals surface area contributed by atoms with Gasteiger partial charge in [-0.05, 0) is 28.9 Å². The third kappa shape index (κ3) is 3.33. The lowest BCUT2D eigenvalue weighted by atomic mass is 10.3. The lowest BCUT2D eigenvalue weighted by Crippen LogP contribution is -2.35. The fourth-order valence-corrected chi connectivity index (χ4v) is 1.84. The van der Waals surface area contributed by atoms with E-state index in [9.17, 15) is 9.18 Å². The minimum Gasteiger partial charge on any atom is -0.478 e. The molecule has 1 aromatic carbocycles. The Hall–Kier alpha value is -1.30. The third-order valence-corrected chi connectivity index (χ3v) is 2.71. The lowest BCUT2D eigenvalue weighted by Gasteiger charge is -2.20. The van der Waals surface area contributed by atoms with Gasteiger partial charge >= 0.3 is 0 Å². The summed E-state index contributed by atoms with van der Waals surface area (Å²) < 4.78 is 18.8. The molecule has 4 nitrogen and oxygen atoms in total. The van der Waals surface area contributed by atoms with Crippen LogP contribution in [0.25, 0.3) is 0 Å². The van der Waals surface area contributed by atoms with Gasteiger partial charge in [0.15, 0.2) is 11.9 Å². The number of nitrogens with two attached hydrogens (primary N) is 1. The number of nitrogens with zero attached hydrogens (tertiary/aromatic N) is 1. The molecule has 0 aliphatic rings. The maximum atomic E-state index is 13.0. The average molecular weight is 305 g/mol. The van der Waals surface area contributed by atoms with Crippen LogP contribution < -0.4 is 10.5 Å². The van der Waals surface area contributed by atoms with Crippen molar-refractivity contribution < 1.29 is 13.9 Å². The second kappa shape index (κ2) is 5.35. The first-order valence-electron chi connectivity index (χ1n) is 4.95. The van der Waals surface area contributed by atoms with Crippen LogP contribution in [0.15, 0.2) is 16.6 Å². The van der Waals surface area contributed by atoms with E-state index in [4.69, 9.17) is 10.5 Å². The number of amides is 1. The summed E-state index contributed by atoms with van der Waals surface area (Å²) in [5, 5.41) is 0. The summed E-state index contributed by atoms with van der Waals surface area (Å²) in [5.41, 5.74) is 5.78. The topological polar surface area (TPSA) is 55.6 Å². The second-order valence-corrected chi connectivity index (χ2v) is 4.65. The third-order valence-electron chi connectivity index (χ3n) is 2.12. The first kappa shape index (κ1) is 13.8. The Bertz CT molecular complexity index is 414. The fourth-order valence-electron chi connectivity index (χ4n) is 1.30. The monoisotopic (exact) mass is 304 g/mol. The molecule has 0 spiro atoms. The molecule has 1 unspecified atom stereocenters. The SMILES string of the molecule is CC(Oc1c(N)cc(F)cc1Br)C(=O)N(C)C. The molecule has 1 aromatic rings. The van der Waals surface area contributed by atoms with Crippen LogP contribution in [0, 0.1) is 5.82 Å². The molecular weight excluding hydrogens is 291 g/mol. The van der Waals surface area contributed by atoms with Crippen LogP contribution in [0.3, 0.4) is 0 Å². The molecule has 17 heavy (non-hydrogen) atoms. The van der Waals surface area contributed by atoms with Crippen LogP contribution in [0.4, 0.5) is 10.1 Å². The summed E-state index contributed by atoms with van der Waals surface area (Å²) in [4.78, 5) is 13.0. The molecule has 0 bridgehead atoms. The number of anilines is 1. The van der Waals surface area contributed by atoms with Crippen molar-refractivity contribution in [3.63, 3.8) is 0 Å². The number of hydrogen-bond donors (Lipinski definition) is 1. The van der Waals surface area contributed by atoms with Crippen molar-refractivity contribution in [2.24, 2.45) is 0 Å². The first-order chi connectivity index (χ1) is 7.82. The van der Waals surface area contributed by atoms with Crippen molar-refractivity contribution in [2.45, 2.75) is 13.0 Å². The number of halogens is 2. The average Bonchev–Trinajstić information content (AvgIpc) is 2.21. The lowest BCUT2D eigenvalue weighted by molar-refractivity contribution is -0.135. The van der Waals surface area contributed by atoms with E-state index in [1.807, 2.05) is 0 Å². The fraction of sp³-hybridized carbons (Fsp3) is 0.364. The molecule has 0 fully saturated rings. The maximum Gasteiger partial charge on any atom is 0.262 e. The number of ether oxygens (including phenoxy) is 1. The van der Waals surface area contributed by atoms with Gasteiger partial charge in [-0.3, -0.25) is 4.79 Å². The molecule has 0 aromatic heterocycles. The molecule has 0 aliphatic carbocycles. The highest BCUT2D eigenvalue weighted by Crippen LogP contribution is 2.33. The molecule has 6 heteroatoms. The van der Waals surface area contributed by atoms with Gasteiger partial charge in [-0.1, -0.05) is 0 Å². The number of rotatable bonds is 3. The first-order valence-corrected chi connectivity index (χ1v) is 5.74. The van der Waals surface area contributed by atoms with Crippen molar-refractivity contribution in [1.29, 1.82) is 0 Å². The van der Waals surface area contributed by atoms with E-state index in [0.29, 0.717) is 4.47 Å². The van der Waals surface area contributed by atoms with Gasteiger partial charge in [0.1, 0.15) is 5.82 Å². The summed E-state index contributed by atoms with van der Waals surface area (Å²) in [6.45, 7) is 1.61. The van der Waals surface area contributed by atoms with Crippen molar-refractivity contribution in [1.82, 2.24) is 4.90 Å². The Kier molecular flexibility index (Phi) is 4.34. The van der Waals surface area contributed by atoms with E-state index in [-0.39, 0.29) is 17.3 Å². The Balaban J connectivity index is 2.92. The summed E-state index contributed by atoms with van der Waals surface area (Å²) in [6, 6.07) is 2.38. The number of benzene rings is 1. The molecule has 0 radical (unpaired) electrons. The summed E-state index contributed by atoms with van der Waals surface area (Å²) in [7, 11) is 3.26. The summed E-state index contributed by atoms with van der Waals surface area (Å²) in [5.74, 6) is -0.386. The van der Waals surface area contributed by atoms with E-state index in [1.165, 1.54) is 11.0 Å². The highest BCUT2D eigenvalue weighted by molar-refractivity contribution is 9.10. The summed E-state index contributed by atoms with van der Waals surface area (Å²) in [6.07, 6.45) is -0.686. The molecule has 94 valence electrons. The van der Waals surface area contributed by atoms with Gasteiger partial charge in [0, 0.05) is 20.2 Å². The molecule has 0 aliphatic heterocycles. The van der Waals surface area contributed by atoms with Crippen LogP contribution in [-0.4, -0.2) is 31.0 Å². The van der Waals surface area contributed by atoms with Crippen LogP contribution in [0.2, 0.25) is 0 Å². The Morgan fingerprint density at radius 2 is 2.12 bits per heavy atom. The Labute approximate surface area is 108 Å². The van der Waals surface area contributed by atoms with Gasteiger partial charge < -0.3 is 15.4 Å². The van der Waals surface area contributed by atoms with Crippen molar-refractivity contribution in [2.75, 3.05) is 19.8 Å². The number of carbonyl (C=O) groups excluding carboxylic acids is 1. The second-order valence-electron chi connectivity index (χ2n) is 3.80. The molecular formula is C11H14BrFN2O2. The van der Waals surface area contributed by atoms with Gasteiger partial charge in [-0.15, -0.1) is 0 Å². The molecule has 2 N–H and O–H groups in total. The number of carbonyl (C=O) groups is 1. The van der Waals surface area contributed by atoms with E-state index in [1.54, 1.807) is 21.0 Å². The maximum absolute atomic E-state index is 13.0. The number of hydrogen-bond acceptors (Lipinski definition) is 3. The molecule has 1 atom stereocenters. The molecule has 1 amide bonds. The normalized spacial score (nSPS) is 12.1. The largest absolute Gasteiger partial charge is 0.478 e. The molecule has 0 saturated carbocycles. The standard InChI is InChI=1S/C11H14BrFN2O2/c1-6(11(16)15(2)3)17-10-8(12)4-7(13)5-9(10)14/h4-6H,14H2,1-3H3. The van der Waals surface area contributed by atoms with Crippen LogP contribution in [0.1, 0.15) is 6.92 Å². The number of nitrogen functional groups attached to an aromatic ring is 1. The smallest absolute Gasteiger partial charge is 0.262 e. The van der Waals surface area contributed by atoms with E-state index < -0.39 is 11.9 Å². The van der Waals surface area contributed by atoms with E-state index in [2.05, 4.69) is 15.9 Å². The molecule has 0 heterocycles. The van der Waals surface area contributed by atoms with Crippen LogP contribution in [0.5, 0.6) is 5.75 Å². The minimum absolute atomic E-state index is 0.148. The molecule has 1 rings (SSSR count). The van der Waals surface area contributed by atoms with Crippen molar-refractivity contribution in [3.8, 4) is 5.75 Å². The molecule has 0 saturated heterocycles. The van der Waals surface area contributed by atoms with Gasteiger partial charge in [0.05, 0.1) is 10.2 Å². The highest BCUT2D eigenvalue weighted by atomic mass is 79.9. The van der Waals surface area contributed by atoms with E-state index in [0.717, 1.165) is 6.07 Å². The number of likely N-dealkylation sites (N-methyl/N-ethyl adjacent to an activating group) is 1. The zero-order valence-corrected chi connectivity index (χ0v) is 11.4.